The van der Waals surface area contributed by atoms with Crippen LogP contribution in [-0.2, 0) is 11.3 Å². The number of carbonyl (C=O) groups is 1. The summed E-state index contributed by atoms with van der Waals surface area (Å²) in [5, 5.41) is 8.33. The van der Waals surface area contributed by atoms with Gasteiger partial charge in [-0.25, -0.2) is 4.68 Å². The van der Waals surface area contributed by atoms with Crippen LogP contribution in [-0.4, -0.2) is 32.3 Å². The van der Waals surface area contributed by atoms with E-state index in [1.807, 2.05) is 47.4 Å². The number of rotatable bonds is 3. The van der Waals surface area contributed by atoms with E-state index < -0.39 is 0 Å². The summed E-state index contributed by atoms with van der Waals surface area (Å²) in [4.78, 5) is 15.1. The lowest BCUT2D eigenvalue weighted by Crippen LogP contribution is -2.37. The Bertz CT molecular complexity index is 858. The monoisotopic (exact) mass is 334 g/mol. The summed E-state index contributed by atoms with van der Waals surface area (Å²) >= 11 is 0. The largest absolute Gasteiger partial charge is 0.334 e. The Morgan fingerprint density at radius 3 is 2.68 bits per heavy atom. The molecule has 4 rings (SSSR count). The first-order valence-corrected chi connectivity index (χ1v) is 8.95. The van der Waals surface area contributed by atoms with Gasteiger partial charge in [0.05, 0.1) is 11.6 Å². The second-order valence-electron chi connectivity index (χ2n) is 6.60. The highest BCUT2D eigenvalue weighted by Gasteiger charge is 2.27. The van der Waals surface area contributed by atoms with Crippen LogP contribution >= 0.6 is 0 Å². The van der Waals surface area contributed by atoms with Crippen molar-refractivity contribution in [1.82, 2.24) is 19.9 Å². The second-order valence-corrected chi connectivity index (χ2v) is 6.60. The van der Waals surface area contributed by atoms with Crippen LogP contribution in [0.2, 0.25) is 0 Å². The Morgan fingerprint density at radius 1 is 1.00 bits per heavy atom. The first-order chi connectivity index (χ1) is 12.3. The van der Waals surface area contributed by atoms with Gasteiger partial charge in [-0.05, 0) is 30.5 Å². The molecule has 2 heterocycles. The highest BCUT2D eigenvalue weighted by Crippen LogP contribution is 2.30. The number of fused-ring (bicyclic) bond motifs is 1. The van der Waals surface area contributed by atoms with Gasteiger partial charge in [0, 0.05) is 6.54 Å². The van der Waals surface area contributed by atoms with Crippen molar-refractivity contribution in [3.05, 3.63) is 60.2 Å². The summed E-state index contributed by atoms with van der Waals surface area (Å²) in [5.41, 5.74) is 2.95. The first kappa shape index (κ1) is 15.8. The number of nitrogens with zero attached hydrogens (tertiary/aromatic N) is 4. The number of hydrogen-bond donors (Lipinski definition) is 0. The average molecular weight is 334 g/mol. The molecule has 0 aliphatic carbocycles. The number of hydrogen-bond acceptors (Lipinski definition) is 3. The molecule has 1 aliphatic heterocycles. The van der Waals surface area contributed by atoms with Gasteiger partial charge >= 0.3 is 0 Å². The van der Waals surface area contributed by atoms with Crippen LogP contribution in [0, 0.1) is 0 Å². The molecule has 1 unspecified atom stereocenters. The minimum absolute atomic E-state index is 0.117. The third-order valence-electron chi connectivity index (χ3n) is 4.96. The molecule has 1 amide bonds. The quantitative estimate of drug-likeness (QED) is 0.736. The summed E-state index contributed by atoms with van der Waals surface area (Å²) in [7, 11) is 0. The van der Waals surface area contributed by atoms with Crippen molar-refractivity contribution in [3.63, 3.8) is 0 Å². The predicted molar refractivity (Wildman–Crippen MR) is 96.9 cm³/mol. The van der Waals surface area contributed by atoms with Gasteiger partial charge in [-0.15, -0.1) is 5.10 Å². The molecule has 5 nitrogen and oxygen atoms in total. The zero-order valence-corrected chi connectivity index (χ0v) is 14.2. The molecule has 0 saturated carbocycles. The van der Waals surface area contributed by atoms with Gasteiger partial charge in [0.15, 0.2) is 0 Å². The van der Waals surface area contributed by atoms with E-state index in [9.17, 15) is 4.79 Å². The summed E-state index contributed by atoms with van der Waals surface area (Å²) in [5.74, 6) is 0.117. The molecule has 0 N–H and O–H groups in total. The third kappa shape index (κ3) is 3.27. The maximum Gasteiger partial charge on any atom is 0.244 e. The van der Waals surface area contributed by atoms with Gasteiger partial charge in [-0.3, -0.25) is 4.79 Å². The van der Waals surface area contributed by atoms with E-state index in [1.165, 1.54) is 12.0 Å². The molecule has 5 heteroatoms. The molecule has 2 aromatic carbocycles. The number of benzene rings is 2. The Kier molecular flexibility index (Phi) is 4.46. The Labute approximate surface area is 147 Å². The maximum atomic E-state index is 13.1. The molecule has 1 aliphatic rings. The number of amides is 1. The van der Waals surface area contributed by atoms with Crippen LogP contribution < -0.4 is 0 Å². The minimum atomic E-state index is 0.117. The summed E-state index contributed by atoms with van der Waals surface area (Å²) in [6, 6.07) is 18.3. The molecule has 3 aromatic rings. The molecule has 0 spiro atoms. The van der Waals surface area contributed by atoms with Crippen LogP contribution in [0.1, 0.15) is 37.3 Å². The van der Waals surface area contributed by atoms with Gasteiger partial charge in [0.25, 0.3) is 0 Å². The molecule has 0 bridgehead atoms. The highest BCUT2D eigenvalue weighted by molar-refractivity contribution is 5.80. The zero-order valence-electron chi connectivity index (χ0n) is 14.2. The van der Waals surface area contributed by atoms with Crippen molar-refractivity contribution in [3.8, 4) is 0 Å². The molecule has 25 heavy (non-hydrogen) atoms. The lowest BCUT2D eigenvalue weighted by Gasteiger charge is -2.30. The van der Waals surface area contributed by atoms with Crippen LogP contribution in [0.5, 0.6) is 0 Å². The van der Waals surface area contributed by atoms with E-state index in [0.717, 1.165) is 36.8 Å². The van der Waals surface area contributed by atoms with Crippen molar-refractivity contribution < 1.29 is 4.79 Å². The van der Waals surface area contributed by atoms with Gasteiger partial charge in [0.1, 0.15) is 12.1 Å². The molecule has 1 saturated heterocycles. The van der Waals surface area contributed by atoms with Gasteiger partial charge in [-0.2, -0.15) is 0 Å². The summed E-state index contributed by atoms with van der Waals surface area (Å²) in [6.07, 6.45) is 4.43. The Balaban J connectivity index is 1.60. The van der Waals surface area contributed by atoms with Crippen LogP contribution in [0.4, 0.5) is 0 Å². The van der Waals surface area contributed by atoms with Crippen molar-refractivity contribution in [2.24, 2.45) is 0 Å². The van der Waals surface area contributed by atoms with E-state index >= 15 is 0 Å². The van der Waals surface area contributed by atoms with Gasteiger partial charge in [0.2, 0.25) is 5.91 Å². The fraction of sp³-hybridized carbons (Fsp3) is 0.350. The molecular weight excluding hydrogens is 312 g/mol. The molecule has 1 atom stereocenters. The topological polar surface area (TPSA) is 51.0 Å². The highest BCUT2D eigenvalue weighted by atomic mass is 16.2. The van der Waals surface area contributed by atoms with E-state index in [0.29, 0.717) is 0 Å². The lowest BCUT2D eigenvalue weighted by atomic mass is 10.0. The van der Waals surface area contributed by atoms with Crippen molar-refractivity contribution >= 4 is 16.9 Å². The summed E-state index contributed by atoms with van der Waals surface area (Å²) in [6.45, 7) is 1.05. The number of carbonyl (C=O) groups excluding carboxylic acids is 1. The van der Waals surface area contributed by atoms with Crippen LogP contribution in [0.25, 0.3) is 11.0 Å². The van der Waals surface area contributed by atoms with Crippen molar-refractivity contribution in [2.75, 3.05) is 6.54 Å². The number of aromatic nitrogens is 3. The number of para-hydroxylation sites is 1. The minimum Gasteiger partial charge on any atom is -0.334 e. The third-order valence-corrected chi connectivity index (χ3v) is 4.96. The lowest BCUT2D eigenvalue weighted by molar-refractivity contribution is -0.134. The smallest absolute Gasteiger partial charge is 0.244 e. The zero-order chi connectivity index (χ0) is 17.1. The average Bonchev–Trinajstić information content (AvgIpc) is 2.90. The fourth-order valence-corrected chi connectivity index (χ4v) is 3.68. The Hall–Kier alpha value is -2.69. The summed E-state index contributed by atoms with van der Waals surface area (Å²) < 4.78 is 1.71. The molecule has 0 radical (unpaired) electrons. The van der Waals surface area contributed by atoms with Crippen LogP contribution in [0.15, 0.2) is 54.6 Å². The van der Waals surface area contributed by atoms with E-state index in [-0.39, 0.29) is 18.5 Å². The molecular formula is C20H22N4O. The van der Waals surface area contributed by atoms with Crippen LogP contribution in [0.3, 0.4) is 0 Å². The molecule has 1 aromatic heterocycles. The van der Waals surface area contributed by atoms with Crippen molar-refractivity contribution in [1.29, 1.82) is 0 Å². The fourth-order valence-electron chi connectivity index (χ4n) is 3.68. The second kappa shape index (κ2) is 7.05. The molecule has 128 valence electrons. The van der Waals surface area contributed by atoms with Gasteiger partial charge < -0.3 is 4.90 Å². The SMILES string of the molecule is O=C(Cn1nnc2ccccc21)N1CCCCCC1c1ccccc1. The standard InChI is InChI=1S/C20H22N4O/c25-20(15-24-19-13-7-6-11-17(19)21-22-24)23-14-8-2-5-12-18(23)16-9-3-1-4-10-16/h1,3-4,6-7,9-11,13,18H,2,5,8,12,14-15H2. The number of likely N-dealkylation sites (tertiary alicyclic amines) is 1. The molecule has 1 fully saturated rings. The predicted octanol–water partition coefficient (Wildman–Crippen LogP) is 3.58. The van der Waals surface area contributed by atoms with E-state index in [1.54, 1.807) is 4.68 Å². The van der Waals surface area contributed by atoms with E-state index in [2.05, 4.69) is 22.4 Å². The van der Waals surface area contributed by atoms with Crippen molar-refractivity contribution in [2.45, 2.75) is 38.3 Å². The maximum absolute atomic E-state index is 13.1. The van der Waals surface area contributed by atoms with E-state index in [4.69, 9.17) is 0 Å². The first-order valence-electron chi connectivity index (χ1n) is 8.95. The Morgan fingerprint density at radius 2 is 1.80 bits per heavy atom. The van der Waals surface area contributed by atoms with Gasteiger partial charge in [-0.1, -0.05) is 60.5 Å². The normalized spacial score (nSPS) is 18.2.